The fourth-order valence-electron chi connectivity index (χ4n) is 6.80. The molecule has 2 aromatic carbocycles. The standard InChI is InChI=1S/C36H50N6O2Si/c1-27-22-42(34-12-10-28(21-37)35-33(34)8-7-13-38-35)26-32(44-27)25-39-14-16-41(17-15-39)31-11-9-29-23-40(24-30(29)20-31)18-19-43-45(5,6)36(2,3)4/h7-13,20,27,32H,14-19,22-26H2,1-6H3/t27-,32+/m1/s1. The van der Waals surface area contributed by atoms with Gasteiger partial charge in [0.2, 0.25) is 0 Å². The molecule has 3 aromatic rings. The van der Waals surface area contributed by atoms with Crippen molar-refractivity contribution in [3.05, 3.63) is 65.4 Å². The zero-order valence-electron chi connectivity index (χ0n) is 28.1. The second-order valence-corrected chi connectivity index (χ2v) is 19.5. The van der Waals surface area contributed by atoms with Crippen molar-refractivity contribution < 1.29 is 9.16 Å². The van der Waals surface area contributed by atoms with Gasteiger partial charge in [-0.15, -0.1) is 0 Å². The van der Waals surface area contributed by atoms with E-state index in [9.17, 15) is 5.26 Å². The number of benzene rings is 2. The van der Waals surface area contributed by atoms with E-state index < -0.39 is 8.32 Å². The molecule has 0 bridgehead atoms. The summed E-state index contributed by atoms with van der Waals surface area (Å²) in [5.74, 6) is 0. The predicted octanol–water partition coefficient (Wildman–Crippen LogP) is 5.86. The van der Waals surface area contributed by atoms with Gasteiger partial charge in [0.1, 0.15) is 6.07 Å². The quantitative estimate of drug-likeness (QED) is 0.288. The number of pyridine rings is 1. The molecule has 6 rings (SSSR count). The van der Waals surface area contributed by atoms with E-state index in [1.165, 1.54) is 16.8 Å². The molecule has 0 spiro atoms. The highest BCUT2D eigenvalue weighted by Gasteiger charge is 2.37. The number of hydrogen-bond donors (Lipinski definition) is 0. The summed E-state index contributed by atoms with van der Waals surface area (Å²) in [4.78, 5) is 14.6. The number of rotatable bonds is 8. The molecule has 1 aromatic heterocycles. The number of piperazine rings is 1. The highest BCUT2D eigenvalue weighted by atomic mass is 28.4. The third-order valence-corrected chi connectivity index (χ3v) is 14.9. The minimum absolute atomic E-state index is 0.134. The van der Waals surface area contributed by atoms with Crippen LogP contribution in [0.5, 0.6) is 0 Å². The first-order valence-electron chi connectivity index (χ1n) is 16.6. The minimum Gasteiger partial charge on any atom is -0.416 e. The Balaban J connectivity index is 1.01. The highest BCUT2D eigenvalue weighted by molar-refractivity contribution is 6.74. The fourth-order valence-corrected chi connectivity index (χ4v) is 7.83. The largest absolute Gasteiger partial charge is 0.416 e. The number of anilines is 2. The van der Waals surface area contributed by atoms with Gasteiger partial charge in [-0.25, -0.2) is 0 Å². The van der Waals surface area contributed by atoms with Crippen molar-refractivity contribution >= 4 is 30.6 Å². The molecule has 0 unspecified atom stereocenters. The third-order valence-electron chi connectivity index (χ3n) is 10.4. The summed E-state index contributed by atoms with van der Waals surface area (Å²) >= 11 is 0. The SMILES string of the molecule is C[C@@H]1CN(c2ccc(C#N)c3ncccc23)C[C@H](CN2CCN(c3ccc4c(c3)CN(CCO[Si](C)(C)C(C)(C)C)C4)CC2)O1. The van der Waals surface area contributed by atoms with Gasteiger partial charge in [-0.05, 0) is 72.6 Å². The van der Waals surface area contributed by atoms with Crippen molar-refractivity contribution in [3.63, 3.8) is 0 Å². The Hall–Kier alpha value is -3.00. The van der Waals surface area contributed by atoms with E-state index in [0.717, 1.165) is 88.6 Å². The molecular formula is C36H50N6O2Si. The molecule has 45 heavy (non-hydrogen) atoms. The van der Waals surface area contributed by atoms with Gasteiger partial charge < -0.3 is 19.0 Å². The van der Waals surface area contributed by atoms with Crippen molar-refractivity contribution in [1.82, 2.24) is 14.8 Å². The average Bonchev–Trinajstić information content (AvgIpc) is 3.42. The number of nitrogens with zero attached hydrogens (tertiary/aromatic N) is 6. The lowest BCUT2D eigenvalue weighted by Crippen LogP contribution is -2.54. The first-order chi connectivity index (χ1) is 21.5. The lowest BCUT2D eigenvalue weighted by Gasteiger charge is -2.42. The molecule has 3 aliphatic heterocycles. The van der Waals surface area contributed by atoms with E-state index in [1.54, 1.807) is 6.20 Å². The number of hydrogen-bond acceptors (Lipinski definition) is 8. The Morgan fingerprint density at radius 3 is 2.51 bits per heavy atom. The third kappa shape index (κ3) is 7.06. The van der Waals surface area contributed by atoms with Crippen molar-refractivity contribution in [2.45, 2.75) is 71.1 Å². The monoisotopic (exact) mass is 626 g/mol. The average molecular weight is 627 g/mol. The van der Waals surface area contributed by atoms with Crippen molar-refractivity contribution in [2.24, 2.45) is 0 Å². The normalized spacial score (nSPS) is 21.7. The van der Waals surface area contributed by atoms with Gasteiger partial charge in [0.25, 0.3) is 0 Å². The summed E-state index contributed by atoms with van der Waals surface area (Å²) in [5, 5.41) is 10.9. The van der Waals surface area contributed by atoms with Crippen LogP contribution in [0.15, 0.2) is 48.7 Å². The first kappa shape index (κ1) is 32.0. The van der Waals surface area contributed by atoms with E-state index in [1.807, 2.05) is 12.1 Å². The Labute approximate surface area is 270 Å². The summed E-state index contributed by atoms with van der Waals surface area (Å²) in [7, 11) is -1.70. The summed E-state index contributed by atoms with van der Waals surface area (Å²) in [5.41, 5.74) is 6.82. The second-order valence-electron chi connectivity index (χ2n) is 14.7. The van der Waals surface area contributed by atoms with Crippen LogP contribution in [0.3, 0.4) is 0 Å². The first-order valence-corrected chi connectivity index (χ1v) is 19.6. The van der Waals surface area contributed by atoms with Crippen LogP contribution in [0.1, 0.15) is 44.4 Å². The van der Waals surface area contributed by atoms with Crippen LogP contribution in [-0.4, -0.2) is 94.3 Å². The molecule has 240 valence electrons. The zero-order chi connectivity index (χ0) is 31.8. The molecule has 0 N–H and O–H groups in total. The smallest absolute Gasteiger partial charge is 0.192 e. The molecule has 0 aliphatic carbocycles. The molecule has 2 saturated heterocycles. The van der Waals surface area contributed by atoms with Gasteiger partial charge >= 0.3 is 0 Å². The van der Waals surface area contributed by atoms with Crippen molar-refractivity contribution in [2.75, 3.05) is 68.8 Å². The lowest BCUT2D eigenvalue weighted by atomic mass is 10.1. The van der Waals surface area contributed by atoms with E-state index in [4.69, 9.17) is 9.16 Å². The van der Waals surface area contributed by atoms with Crippen LogP contribution in [0, 0.1) is 11.3 Å². The predicted molar refractivity (Wildman–Crippen MR) is 185 cm³/mol. The topological polar surface area (TPSA) is 68.1 Å². The molecule has 2 fully saturated rings. The summed E-state index contributed by atoms with van der Waals surface area (Å²) in [6.45, 7) is 24.3. The number of aromatic nitrogens is 1. The molecule has 0 saturated carbocycles. The van der Waals surface area contributed by atoms with Gasteiger partial charge in [-0.1, -0.05) is 26.8 Å². The van der Waals surface area contributed by atoms with Crippen LogP contribution in [0.25, 0.3) is 10.9 Å². The molecule has 9 heteroatoms. The molecule has 8 nitrogen and oxygen atoms in total. The van der Waals surface area contributed by atoms with Gasteiger partial charge in [0.15, 0.2) is 8.32 Å². The van der Waals surface area contributed by atoms with Crippen molar-refractivity contribution in [1.29, 1.82) is 5.26 Å². The number of morpholine rings is 1. The molecule has 3 aliphatic rings. The van der Waals surface area contributed by atoms with Crippen molar-refractivity contribution in [3.8, 4) is 6.07 Å². The summed E-state index contributed by atoms with van der Waals surface area (Å²) in [6, 6.07) is 17.4. The Kier molecular flexibility index (Phi) is 9.24. The minimum atomic E-state index is -1.70. The lowest BCUT2D eigenvalue weighted by molar-refractivity contribution is -0.0327. The molecular weight excluding hydrogens is 577 g/mol. The second kappa shape index (κ2) is 13.0. The number of ether oxygens (including phenoxy) is 1. The zero-order valence-corrected chi connectivity index (χ0v) is 29.1. The van der Waals surface area contributed by atoms with Gasteiger partial charge in [-0.2, -0.15) is 5.26 Å². The van der Waals surface area contributed by atoms with Gasteiger partial charge in [-0.3, -0.25) is 14.8 Å². The fraction of sp³-hybridized carbons (Fsp3) is 0.556. The Morgan fingerprint density at radius 2 is 1.76 bits per heavy atom. The highest BCUT2D eigenvalue weighted by Crippen LogP contribution is 2.37. The van der Waals surface area contributed by atoms with E-state index in [-0.39, 0.29) is 17.2 Å². The van der Waals surface area contributed by atoms with Crippen LogP contribution in [0.4, 0.5) is 11.4 Å². The Bertz CT molecular complexity index is 1540. The molecule has 0 amide bonds. The van der Waals surface area contributed by atoms with Gasteiger partial charge in [0, 0.05) is 95.0 Å². The van der Waals surface area contributed by atoms with Gasteiger partial charge in [0.05, 0.1) is 23.3 Å². The number of nitriles is 1. The van der Waals surface area contributed by atoms with E-state index in [2.05, 4.69) is 102 Å². The van der Waals surface area contributed by atoms with E-state index >= 15 is 0 Å². The molecule has 4 heterocycles. The maximum atomic E-state index is 9.58. The van der Waals surface area contributed by atoms with Crippen LogP contribution in [-0.2, 0) is 22.3 Å². The van der Waals surface area contributed by atoms with Crippen LogP contribution >= 0.6 is 0 Å². The van der Waals surface area contributed by atoms with Crippen LogP contribution in [0.2, 0.25) is 18.1 Å². The Morgan fingerprint density at radius 1 is 0.978 bits per heavy atom. The molecule has 2 atom stereocenters. The maximum absolute atomic E-state index is 9.58. The summed E-state index contributed by atoms with van der Waals surface area (Å²) < 4.78 is 12.9. The van der Waals surface area contributed by atoms with Crippen LogP contribution < -0.4 is 9.80 Å². The maximum Gasteiger partial charge on any atom is 0.192 e. The molecule has 0 radical (unpaired) electrons. The number of fused-ring (bicyclic) bond motifs is 2. The van der Waals surface area contributed by atoms with E-state index in [0.29, 0.717) is 5.56 Å². The summed E-state index contributed by atoms with van der Waals surface area (Å²) in [6.07, 6.45) is 2.04.